The van der Waals surface area contributed by atoms with Crippen LogP contribution >= 0.6 is 0 Å². The van der Waals surface area contributed by atoms with Crippen LogP contribution in [0.2, 0.25) is 0 Å². The zero-order valence-electron chi connectivity index (χ0n) is 19.2. The molecule has 3 fully saturated rings. The van der Waals surface area contributed by atoms with Gasteiger partial charge in [0.1, 0.15) is 11.6 Å². The number of hydrogen-bond acceptors (Lipinski definition) is 4. The van der Waals surface area contributed by atoms with E-state index in [4.69, 9.17) is 9.73 Å². The third kappa shape index (κ3) is 3.62. The largest absolute Gasteiger partial charge is 0.497 e. The van der Waals surface area contributed by atoms with Crippen LogP contribution in [-0.2, 0) is 4.79 Å². The van der Waals surface area contributed by atoms with Gasteiger partial charge in [-0.3, -0.25) is 14.6 Å². The molecule has 2 aromatic carbocycles. The summed E-state index contributed by atoms with van der Waals surface area (Å²) in [5, 5.41) is 0. The number of amidine groups is 1. The number of ether oxygens (including phenoxy) is 1. The minimum atomic E-state index is -0.362. The molecule has 1 atom stereocenters. The minimum Gasteiger partial charge on any atom is -0.497 e. The van der Waals surface area contributed by atoms with Crippen LogP contribution in [0.15, 0.2) is 53.5 Å². The molecular formula is C27H33N3O2. The molecule has 1 spiro atoms. The van der Waals surface area contributed by atoms with Crippen molar-refractivity contribution in [3.63, 3.8) is 0 Å². The highest BCUT2D eigenvalue weighted by molar-refractivity contribution is 6.27. The highest BCUT2D eigenvalue weighted by Crippen LogP contribution is 2.50. The lowest BCUT2D eigenvalue weighted by Crippen LogP contribution is -2.50. The van der Waals surface area contributed by atoms with Gasteiger partial charge < -0.3 is 4.74 Å². The quantitative estimate of drug-likeness (QED) is 0.642. The third-order valence-electron chi connectivity index (χ3n) is 7.49. The Hall–Kier alpha value is -2.66. The maximum absolute atomic E-state index is 14.2. The molecule has 0 unspecified atom stereocenters. The first-order valence-electron chi connectivity index (χ1n) is 12.0. The Morgan fingerprint density at radius 2 is 1.56 bits per heavy atom. The fourth-order valence-electron chi connectivity index (χ4n) is 5.84. The number of carbonyl (C=O) groups is 1. The normalized spacial score (nSPS) is 24.6. The molecule has 5 rings (SSSR count). The first-order chi connectivity index (χ1) is 15.6. The van der Waals surface area contributed by atoms with Crippen LogP contribution in [0.5, 0.6) is 5.75 Å². The van der Waals surface area contributed by atoms with E-state index < -0.39 is 0 Å². The van der Waals surface area contributed by atoms with Crippen molar-refractivity contribution in [2.75, 3.05) is 25.1 Å². The van der Waals surface area contributed by atoms with Crippen molar-refractivity contribution in [2.45, 2.75) is 57.9 Å². The molecule has 5 heteroatoms. The second kappa shape index (κ2) is 8.70. The van der Waals surface area contributed by atoms with Crippen LogP contribution < -0.4 is 9.64 Å². The SMILES string of the molecule is COc1ccc(N=C2[C@@H](N3CCCC3)C3(CCCCC3)C(=O)N2c2ccc(C)cc2)cc1. The summed E-state index contributed by atoms with van der Waals surface area (Å²) < 4.78 is 5.33. The predicted octanol–water partition coefficient (Wildman–Crippen LogP) is 5.50. The third-order valence-corrected chi connectivity index (χ3v) is 7.49. The Bertz CT molecular complexity index is 985. The Kier molecular flexibility index (Phi) is 5.76. The van der Waals surface area contributed by atoms with Crippen molar-refractivity contribution < 1.29 is 9.53 Å². The lowest BCUT2D eigenvalue weighted by Gasteiger charge is -2.39. The molecule has 1 aliphatic carbocycles. The molecule has 5 nitrogen and oxygen atoms in total. The molecule has 2 heterocycles. The predicted molar refractivity (Wildman–Crippen MR) is 129 cm³/mol. The Labute approximate surface area is 191 Å². The van der Waals surface area contributed by atoms with E-state index in [1.807, 2.05) is 29.2 Å². The fourth-order valence-corrected chi connectivity index (χ4v) is 5.84. The Morgan fingerprint density at radius 3 is 2.19 bits per heavy atom. The second-order valence-electron chi connectivity index (χ2n) is 9.51. The van der Waals surface area contributed by atoms with Crippen molar-refractivity contribution >= 4 is 23.1 Å². The minimum absolute atomic E-state index is 0.0428. The van der Waals surface area contributed by atoms with Gasteiger partial charge in [-0.15, -0.1) is 0 Å². The van der Waals surface area contributed by atoms with Gasteiger partial charge in [-0.1, -0.05) is 37.0 Å². The molecule has 2 saturated heterocycles. The number of hydrogen-bond donors (Lipinski definition) is 0. The van der Waals surface area contributed by atoms with E-state index in [0.717, 1.165) is 61.7 Å². The van der Waals surface area contributed by atoms with Gasteiger partial charge in [-0.25, -0.2) is 4.99 Å². The van der Waals surface area contributed by atoms with Gasteiger partial charge in [0.2, 0.25) is 5.91 Å². The van der Waals surface area contributed by atoms with Crippen LogP contribution in [0.1, 0.15) is 50.5 Å². The molecule has 0 radical (unpaired) electrons. The van der Waals surface area contributed by atoms with Gasteiger partial charge >= 0.3 is 0 Å². The summed E-state index contributed by atoms with van der Waals surface area (Å²) in [5.74, 6) is 1.95. The monoisotopic (exact) mass is 431 g/mol. The van der Waals surface area contributed by atoms with Crippen molar-refractivity contribution in [1.29, 1.82) is 0 Å². The number of benzene rings is 2. The standard InChI is InChI=1S/C27H33N3O2/c1-20-8-12-22(13-9-20)30-25(28-21-10-14-23(32-2)15-11-21)24(29-18-6-7-19-29)27(26(30)31)16-4-3-5-17-27/h8-15,24H,3-7,16-19H2,1-2H3/t24-/m1/s1. The molecule has 2 aliphatic heterocycles. The highest BCUT2D eigenvalue weighted by Gasteiger charge is 2.60. The average molecular weight is 432 g/mol. The van der Waals surface area contributed by atoms with E-state index in [2.05, 4.69) is 36.1 Å². The summed E-state index contributed by atoms with van der Waals surface area (Å²) in [6.45, 7) is 4.17. The number of nitrogens with zero attached hydrogens (tertiary/aromatic N) is 3. The molecule has 2 aromatic rings. The average Bonchev–Trinajstić information content (AvgIpc) is 3.42. The van der Waals surface area contributed by atoms with E-state index >= 15 is 0 Å². The topological polar surface area (TPSA) is 45.1 Å². The number of methoxy groups -OCH3 is 1. The van der Waals surface area contributed by atoms with E-state index in [1.165, 1.54) is 24.8 Å². The van der Waals surface area contributed by atoms with Gasteiger partial charge in [0.05, 0.1) is 29.9 Å². The van der Waals surface area contributed by atoms with Crippen molar-refractivity contribution in [3.8, 4) is 5.75 Å². The number of carbonyl (C=O) groups excluding carboxylic acids is 1. The van der Waals surface area contributed by atoms with Crippen molar-refractivity contribution in [2.24, 2.45) is 10.4 Å². The van der Waals surface area contributed by atoms with Crippen LogP contribution in [0.25, 0.3) is 0 Å². The van der Waals surface area contributed by atoms with Gasteiger partial charge in [0.15, 0.2) is 0 Å². The molecular weight excluding hydrogens is 398 g/mol. The Morgan fingerprint density at radius 1 is 0.906 bits per heavy atom. The molecule has 1 saturated carbocycles. The van der Waals surface area contributed by atoms with Crippen molar-refractivity contribution in [3.05, 3.63) is 54.1 Å². The summed E-state index contributed by atoms with van der Waals surface area (Å²) in [5.41, 5.74) is 2.62. The van der Waals surface area contributed by atoms with Crippen LogP contribution in [0.4, 0.5) is 11.4 Å². The van der Waals surface area contributed by atoms with Gasteiger partial charge in [0.25, 0.3) is 0 Å². The first-order valence-corrected chi connectivity index (χ1v) is 12.0. The summed E-state index contributed by atoms with van der Waals surface area (Å²) in [6.07, 6.45) is 7.76. The number of amides is 1. The first kappa shape index (κ1) is 21.2. The maximum Gasteiger partial charge on any atom is 0.240 e. The number of rotatable bonds is 4. The summed E-state index contributed by atoms with van der Waals surface area (Å²) in [6, 6.07) is 16.2. The summed E-state index contributed by atoms with van der Waals surface area (Å²) in [7, 11) is 1.67. The van der Waals surface area contributed by atoms with E-state index in [0.29, 0.717) is 0 Å². The number of aryl methyl sites for hydroxylation is 1. The Balaban J connectivity index is 1.66. The second-order valence-corrected chi connectivity index (χ2v) is 9.51. The molecule has 0 aromatic heterocycles. The zero-order chi connectivity index (χ0) is 22.1. The van der Waals surface area contributed by atoms with Crippen molar-refractivity contribution in [1.82, 2.24) is 4.90 Å². The molecule has 32 heavy (non-hydrogen) atoms. The van der Waals surface area contributed by atoms with Gasteiger partial charge in [0, 0.05) is 0 Å². The number of likely N-dealkylation sites (tertiary alicyclic amines) is 1. The van der Waals surface area contributed by atoms with E-state index in [1.54, 1.807) is 7.11 Å². The van der Waals surface area contributed by atoms with Crippen LogP contribution in [-0.4, -0.2) is 42.9 Å². The zero-order valence-corrected chi connectivity index (χ0v) is 19.2. The summed E-state index contributed by atoms with van der Waals surface area (Å²) >= 11 is 0. The molecule has 0 N–H and O–H groups in total. The maximum atomic E-state index is 14.2. The van der Waals surface area contributed by atoms with Gasteiger partial charge in [-0.2, -0.15) is 0 Å². The van der Waals surface area contributed by atoms with Crippen LogP contribution in [0, 0.1) is 12.3 Å². The fraction of sp³-hybridized carbons (Fsp3) is 0.481. The highest BCUT2D eigenvalue weighted by atomic mass is 16.5. The van der Waals surface area contributed by atoms with Gasteiger partial charge in [-0.05, 0) is 82.1 Å². The summed E-state index contributed by atoms with van der Waals surface area (Å²) in [4.78, 5) is 23.9. The van der Waals surface area contributed by atoms with E-state index in [-0.39, 0.29) is 17.4 Å². The molecule has 168 valence electrons. The lowest BCUT2D eigenvalue weighted by molar-refractivity contribution is -0.129. The molecule has 1 amide bonds. The number of aliphatic imine (C=N–C) groups is 1. The smallest absolute Gasteiger partial charge is 0.240 e. The van der Waals surface area contributed by atoms with E-state index in [9.17, 15) is 4.79 Å². The molecule has 0 bridgehead atoms. The number of anilines is 1. The molecule has 3 aliphatic rings. The van der Waals surface area contributed by atoms with Crippen LogP contribution in [0.3, 0.4) is 0 Å². The lowest BCUT2D eigenvalue weighted by atomic mass is 9.69.